The van der Waals surface area contributed by atoms with E-state index < -0.39 is 30.3 Å². The van der Waals surface area contributed by atoms with Crippen molar-refractivity contribution in [1.82, 2.24) is 4.90 Å². The minimum absolute atomic E-state index is 0.153. The van der Waals surface area contributed by atoms with Crippen LogP contribution in [0.3, 0.4) is 0 Å². The molecule has 1 saturated heterocycles. The van der Waals surface area contributed by atoms with E-state index in [-0.39, 0.29) is 24.2 Å². The topological polar surface area (TPSA) is 99.2 Å². The summed E-state index contributed by atoms with van der Waals surface area (Å²) < 4.78 is 16.8. The lowest BCUT2D eigenvalue weighted by Crippen LogP contribution is -2.47. The first kappa shape index (κ1) is 25.9. The number of rotatable bonds is 4. The number of hydrogen-bond acceptors (Lipinski definition) is 7. The third kappa shape index (κ3) is 5.04. The molecular formula is C30H33NO7. The number of carbonyl (C=O) groups excluding carboxylic acids is 4. The van der Waals surface area contributed by atoms with Gasteiger partial charge < -0.3 is 14.2 Å². The van der Waals surface area contributed by atoms with Crippen LogP contribution in [0.2, 0.25) is 0 Å². The number of ether oxygens (including phenoxy) is 3. The minimum Gasteiger partial charge on any atom is -0.488 e. The van der Waals surface area contributed by atoms with E-state index in [1.807, 2.05) is 25.1 Å². The van der Waals surface area contributed by atoms with Crippen molar-refractivity contribution in [2.24, 2.45) is 0 Å². The molecule has 8 nitrogen and oxygen atoms in total. The van der Waals surface area contributed by atoms with Gasteiger partial charge in [0.05, 0.1) is 0 Å². The van der Waals surface area contributed by atoms with Crippen molar-refractivity contribution in [1.29, 1.82) is 0 Å². The van der Waals surface area contributed by atoms with E-state index in [1.165, 1.54) is 4.90 Å². The van der Waals surface area contributed by atoms with Gasteiger partial charge in [-0.15, -0.1) is 0 Å². The highest BCUT2D eigenvalue weighted by Crippen LogP contribution is 2.41. The smallest absolute Gasteiger partial charge is 0.411 e. The SMILES string of the molecule is C[C@H]1CC[C@@H](C(=O)OCC(=O)c2ccc3c(c2)COc2cc4c(cc2-3)CCCC4=O)N1C(=O)OC(C)(C)C. The highest BCUT2D eigenvalue weighted by molar-refractivity contribution is 6.01. The van der Waals surface area contributed by atoms with Gasteiger partial charge in [0.1, 0.15) is 24.0 Å². The number of carbonyl (C=O) groups is 4. The summed E-state index contributed by atoms with van der Waals surface area (Å²) in [6.45, 7) is 7.04. The maximum Gasteiger partial charge on any atom is 0.411 e. The van der Waals surface area contributed by atoms with Crippen molar-refractivity contribution in [3.63, 3.8) is 0 Å². The van der Waals surface area contributed by atoms with Crippen LogP contribution in [-0.2, 0) is 27.3 Å². The van der Waals surface area contributed by atoms with Crippen LogP contribution in [0.5, 0.6) is 5.75 Å². The van der Waals surface area contributed by atoms with Crippen molar-refractivity contribution >= 4 is 23.6 Å². The van der Waals surface area contributed by atoms with Crippen LogP contribution in [0.15, 0.2) is 30.3 Å². The molecule has 2 aliphatic heterocycles. The number of ketones is 2. The monoisotopic (exact) mass is 519 g/mol. The van der Waals surface area contributed by atoms with Gasteiger partial charge in [0.15, 0.2) is 18.2 Å². The molecule has 3 aliphatic rings. The lowest BCUT2D eigenvalue weighted by Gasteiger charge is -2.30. The molecule has 2 atom stereocenters. The van der Waals surface area contributed by atoms with Crippen LogP contribution >= 0.6 is 0 Å². The number of hydrogen-bond donors (Lipinski definition) is 0. The fourth-order valence-corrected chi connectivity index (χ4v) is 5.45. The molecule has 0 unspecified atom stereocenters. The number of Topliss-reactive ketones (excluding diaryl/α,β-unsaturated/α-hetero) is 2. The number of amides is 1. The molecule has 0 radical (unpaired) electrons. The average Bonchev–Trinajstić information content (AvgIpc) is 3.26. The Balaban J connectivity index is 1.27. The Kier molecular flexibility index (Phi) is 6.75. The Labute approximate surface area is 222 Å². The Hall–Kier alpha value is -3.68. The van der Waals surface area contributed by atoms with Gasteiger partial charge in [-0.3, -0.25) is 14.5 Å². The first-order valence-corrected chi connectivity index (χ1v) is 13.2. The Morgan fingerprint density at radius 1 is 1.00 bits per heavy atom. The zero-order valence-corrected chi connectivity index (χ0v) is 22.3. The van der Waals surface area contributed by atoms with Gasteiger partial charge >= 0.3 is 12.1 Å². The predicted molar refractivity (Wildman–Crippen MR) is 139 cm³/mol. The summed E-state index contributed by atoms with van der Waals surface area (Å²) in [6, 6.07) is 8.30. The number of likely N-dealkylation sites (tertiary alicyclic amines) is 1. The van der Waals surface area contributed by atoms with Crippen LogP contribution in [0, 0.1) is 0 Å². The minimum atomic E-state index is -0.779. The fraction of sp³-hybridized carbons (Fsp3) is 0.467. The molecule has 0 N–H and O–H groups in total. The van der Waals surface area contributed by atoms with Crippen molar-refractivity contribution < 1.29 is 33.4 Å². The molecule has 8 heteroatoms. The maximum absolute atomic E-state index is 12.9. The van der Waals surface area contributed by atoms with E-state index in [2.05, 4.69) is 0 Å². The zero-order valence-electron chi connectivity index (χ0n) is 22.3. The second kappa shape index (κ2) is 9.89. The third-order valence-corrected chi connectivity index (χ3v) is 7.35. The molecule has 38 heavy (non-hydrogen) atoms. The molecule has 2 aromatic carbocycles. The average molecular weight is 520 g/mol. The van der Waals surface area contributed by atoms with Crippen molar-refractivity contribution in [2.45, 2.75) is 84.1 Å². The molecule has 0 bridgehead atoms. The largest absolute Gasteiger partial charge is 0.488 e. The lowest BCUT2D eigenvalue weighted by molar-refractivity contribution is -0.148. The molecule has 1 aliphatic carbocycles. The van der Waals surface area contributed by atoms with Crippen molar-refractivity contribution in [3.05, 3.63) is 52.6 Å². The molecule has 0 saturated carbocycles. The van der Waals surface area contributed by atoms with Crippen molar-refractivity contribution in [2.75, 3.05) is 6.61 Å². The van der Waals surface area contributed by atoms with E-state index >= 15 is 0 Å². The highest BCUT2D eigenvalue weighted by Gasteiger charge is 2.42. The molecule has 0 aromatic heterocycles. The van der Waals surface area contributed by atoms with E-state index in [1.54, 1.807) is 32.9 Å². The summed E-state index contributed by atoms with van der Waals surface area (Å²) in [5, 5.41) is 0. The Morgan fingerprint density at radius 2 is 1.79 bits per heavy atom. The van der Waals surface area contributed by atoms with Gasteiger partial charge in [0.25, 0.3) is 0 Å². The van der Waals surface area contributed by atoms with Crippen molar-refractivity contribution in [3.8, 4) is 16.9 Å². The molecule has 2 aromatic rings. The van der Waals surface area contributed by atoms with Gasteiger partial charge in [0, 0.05) is 29.2 Å². The van der Waals surface area contributed by atoms with E-state index in [0.717, 1.165) is 40.7 Å². The summed E-state index contributed by atoms with van der Waals surface area (Å²) >= 11 is 0. The molecule has 200 valence electrons. The second-order valence-electron chi connectivity index (χ2n) is 11.3. The first-order valence-electron chi connectivity index (χ1n) is 13.2. The van der Waals surface area contributed by atoms with E-state index in [0.29, 0.717) is 30.6 Å². The highest BCUT2D eigenvalue weighted by atomic mass is 16.6. The van der Waals surface area contributed by atoms with Crippen LogP contribution in [0.4, 0.5) is 4.79 Å². The Morgan fingerprint density at radius 3 is 2.55 bits per heavy atom. The summed E-state index contributed by atoms with van der Waals surface area (Å²) in [6.07, 6.45) is 2.82. The summed E-state index contributed by atoms with van der Waals surface area (Å²) in [4.78, 5) is 52.2. The molecule has 1 fully saturated rings. The predicted octanol–water partition coefficient (Wildman–Crippen LogP) is 5.28. The number of esters is 1. The second-order valence-corrected chi connectivity index (χ2v) is 11.3. The normalized spacial score (nSPS) is 20.1. The third-order valence-electron chi connectivity index (χ3n) is 7.35. The van der Waals surface area contributed by atoms with E-state index in [9.17, 15) is 19.2 Å². The zero-order chi connectivity index (χ0) is 27.2. The summed E-state index contributed by atoms with van der Waals surface area (Å²) in [7, 11) is 0. The van der Waals surface area contributed by atoms with Gasteiger partial charge in [-0.05, 0) is 88.3 Å². The fourth-order valence-electron chi connectivity index (χ4n) is 5.45. The van der Waals surface area contributed by atoms with Crippen LogP contribution in [-0.4, -0.2) is 52.8 Å². The summed E-state index contributed by atoms with van der Waals surface area (Å²) in [5.41, 5.74) is 4.26. The van der Waals surface area contributed by atoms with E-state index in [4.69, 9.17) is 14.2 Å². The van der Waals surface area contributed by atoms with Crippen LogP contribution in [0.25, 0.3) is 11.1 Å². The summed E-state index contributed by atoms with van der Waals surface area (Å²) in [5.74, 6) is -0.110. The number of aryl methyl sites for hydroxylation is 1. The molecule has 5 rings (SSSR count). The molecule has 1 amide bonds. The lowest BCUT2D eigenvalue weighted by atomic mass is 9.86. The first-order chi connectivity index (χ1) is 18.0. The van der Waals surface area contributed by atoms with Crippen LogP contribution < -0.4 is 4.74 Å². The van der Waals surface area contributed by atoms with Gasteiger partial charge in [-0.1, -0.05) is 12.1 Å². The molecular weight excluding hydrogens is 486 g/mol. The number of nitrogens with zero attached hydrogens (tertiary/aromatic N) is 1. The standard InChI is InChI=1S/C30H33NO7/c1-17-8-11-24(31(17)29(35)38-30(2,3)4)28(34)37-16-26(33)19-9-10-21-20(12-19)15-36-27-14-22-18(13-23(21)27)6-5-7-25(22)32/h9-10,12-14,17,24H,5-8,11,15-16H2,1-4H3/t17-,24-/m0/s1. The number of benzene rings is 2. The Bertz CT molecular complexity index is 1320. The maximum atomic E-state index is 12.9. The van der Waals surface area contributed by atoms with Gasteiger partial charge in [0.2, 0.25) is 0 Å². The van der Waals surface area contributed by atoms with Gasteiger partial charge in [-0.2, -0.15) is 0 Å². The van der Waals surface area contributed by atoms with Gasteiger partial charge in [-0.25, -0.2) is 9.59 Å². The number of fused-ring (bicyclic) bond motifs is 4. The molecule has 0 spiro atoms. The van der Waals surface area contributed by atoms with Crippen LogP contribution in [0.1, 0.15) is 85.2 Å². The molecule has 2 heterocycles. The quantitative estimate of drug-likeness (QED) is 0.400.